The molecule has 14 heteroatoms. The molecular formula is C5F13Si. The van der Waals surface area contributed by atoms with Crippen LogP contribution in [0.25, 0.3) is 0 Å². The smallest absolute Gasteiger partial charge is 0.233 e. The Bertz CT molecular complexity index is 278. The predicted molar refractivity (Wildman–Crippen MR) is 34.3 cm³/mol. The van der Waals surface area contributed by atoms with Crippen molar-refractivity contribution < 1.29 is 57.1 Å². The molecule has 0 amide bonds. The van der Waals surface area contributed by atoms with Gasteiger partial charge in [0.25, 0.3) is 5.79 Å². The van der Waals surface area contributed by atoms with Gasteiger partial charge in [0, 0.05) is 0 Å². The van der Waals surface area contributed by atoms with Crippen LogP contribution in [-0.4, -0.2) is 31.6 Å². The number of halogens is 13. The molecule has 0 aliphatic rings. The average Bonchev–Trinajstić information content (AvgIpc) is 1.92. The molecule has 0 atom stereocenters. The molecule has 0 heterocycles. The van der Waals surface area contributed by atoms with Crippen LogP contribution < -0.4 is 0 Å². The Morgan fingerprint density at radius 3 is 0.789 bits per heavy atom. The molecule has 0 aliphatic carbocycles. The lowest BCUT2D eigenvalue weighted by Gasteiger charge is -2.37. The zero-order valence-corrected chi connectivity index (χ0v) is 8.91. The molecule has 0 fully saturated rings. The van der Waals surface area contributed by atoms with Crippen molar-refractivity contribution in [1.82, 2.24) is 0 Å². The van der Waals surface area contributed by atoms with E-state index in [1.165, 1.54) is 0 Å². The van der Waals surface area contributed by atoms with Crippen molar-refractivity contribution in [3.8, 4) is 0 Å². The molecule has 19 heavy (non-hydrogen) atoms. The van der Waals surface area contributed by atoms with E-state index in [9.17, 15) is 57.1 Å². The summed E-state index contributed by atoms with van der Waals surface area (Å²) < 4.78 is 155. The van der Waals surface area contributed by atoms with E-state index in [0.717, 1.165) is 0 Å². The zero-order chi connectivity index (χ0) is 16.1. The zero-order valence-electron chi connectivity index (χ0n) is 7.91. The van der Waals surface area contributed by atoms with Gasteiger partial charge in [-0.05, 0) is 0 Å². The van der Waals surface area contributed by atoms with Gasteiger partial charge in [-0.25, -0.2) is 4.39 Å². The third kappa shape index (κ3) is 2.76. The Kier molecular flexibility index (Phi) is 4.25. The van der Waals surface area contributed by atoms with Gasteiger partial charge in [0.05, 0.1) is 0 Å². The average molecular weight is 335 g/mol. The second-order valence-electron chi connectivity index (χ2n) is 3.06. The summed E-state index contributed by atoms with van der Waals surface area (Å²) in [6.07, 6.45) is -7.03. The highest BCUT2D eigenvalue weighted by atomic mass is 28.3. The van der Waals surface area contributed by atoms with Crippen LogP contribution in [-0.2, 0) is 0 Å². The summed E-state index contributed by atoms with van der Waals surface area (Å²) in [5.74, 6) is -27.6. The third-order valence-electron chi connectivity index (χ3n) is 1.85. The van der Waals surface area contributed by atoms with Crippen molar-refractivity contribution in [2.45, 2.75) is 23.6 Å². The number of alkyl halides is 12. The number of rotatable bonds is 1. The van der Waals surface area contributed by atoms with Crippen molar-refractivity contribution in [3.63, 3.8) is 0 Å². The predicted octanol–water partition coefficient (Wildman–Crippen LogP) is 4.34. The van der Waals surface area contributed by atoms with Crippen molar-refractivity contribution in [3.05, 3.63) is 5.79 Å². The normalized spacial score (nSPS) is 16.1. The standard InChI is InChI=1S/C5F13Si/c6-1(2(7,8)9)19(3(10,11)12,4(13,14)15)5(16,17)18. The second-order valence-corrected chi connectivity index (χ2v) is 6.69. The fourth-order valence-corrected chi connectivity index (χ4v) is 3.20. The Balaban J connectivity index is 6.45. The molecule has 0 N–H and O–H groups in total. The van der Waals surface area contributed by atoms with Crippen LogP contribution in [0.3, 0.4) is 0 Å². The van der Waals surface area contributed by atoms with E-state index in [2.05, 4.69) is 0 Å². The molecule has 0 bridgehead atoms. The van der Waals surface area contributed by atoms with Crippen LogP contribution >= 0.6 is 0 Å². The molecule has 0 saturated heterocycles. The van der Waals surface area contributed by atoms with Gasteiger partial charge in [-0.15, -0.1) is 0 Å². The summed E-state index contributed by atoms with van der Waals surface area (Å²) in [6, 6.07) is 0. The minimum Gasteiger partial charge on any atom is -0.233 e. The Labute approximate surface area is 95.7 Å². The lowest BCUT2D eigenvalue weighted by atomic mass is 10.7. The lowest BCUT2D eigenvalue weighted by molar-refractivity contribution is -0.187. The first-order chi connectivity index (χ1) is 7.90. The fraction of sp³-hybridized carbons (Fsp3) is 0.800. The summed E-state index contributed by atoms with van der Waals surface area (Å²) in [4.78, 5) is 0. The highest BCUT2D eigenvalue weighted by molar-refractivity contribution is 6.89. The van der Waals surface area contributed by atoms with Gasteiger partial charge in [-0.1, -0.05) is 0 Å². The summed E-state index contributed by atoms with van der Waals surface area (Å²) in [5.41, 5.74) is 0. The second kappa shape index (κ2) is 4.41. The number of hydrogen-bond acceptors (Lipinski definition) is 0. The molecule has 0 aromatic carbocycles. The molecule has 0 aromatic heterocycles. The van der Waals surface area contributed by atoms with Crippen molar-refractivity contribution >= 4 is 8.07 Å². The first-order valence-corrected chi connectivity index (χ1v) is 5.71. The maximum absolute atomic E-state index is 12.4. The monoisotopic (exact) mass is 335 g/mol. The van der Waals surface area contributed by atoms with Gasteiger partial charge in [0.1, 0.15) is 0 Å². The van der Waals surface area contributed by atoms with Crippen molar-refractivity contribution in [2.24, 2.45) is 0 Å². The van der Waals surface area contributed by atoms with E-state index >= 15 is 0 Å². The Morgan fingerprint density at radius 1 is 0.526 bits per heavy atom. The lowest BCUT2D eigenvalue weighted by Crippen LogP contribution is -2.76. The first-order valence-electron chi connectivity index (χ1n) is 3.71. The molecular weight excluding hydrogens is 335 g/mol. The molecule has 1 radical (unpaired) electrons. The van der Waals surface area contributed by atoms with Gasteiger partial charge >= 0.3 is 31.6 Å². The maximum Gasteiger partial charge on any atom is 0.474 e. The summed E-state index contributed by atoms with van der Waals surface area (Å²) in [5, 5.41) is 0. The first kappa shape index (κ1) is 18.3. The van der Waals surface area contributed by atoms with Crippen LogP contribution in [0.5, 0.6) is 0 Å². The van der Waals surface area contributed by atoms with E-state index in [4.69, 9.17) is 0 Å². The van der Waals surface area contributed by atoms with Gasteiger partial charge in [-0.2, -0.15) is 52.7 Å². The van der Waals surface area contributed by atoms with Crippen LogP contribution in [0, 0.1) is 5.79 Å². The SMILES string of the molecule is F[C](C(F)(F)F)[Si](C(F)(F)F)(C(F)(F)F)C(F)(F)F. The quantitative estimate of drug-likeness (QED) is 0.494. The molecule has 0 rings (SSSR count). The minimum absolute atomic E-state index is 5.10. The highest BCUT2D eigenvalue weighted by Crippen LogP contribution is 2.58. The number of hydrogen-bond donors (Lipinski definition) is 0. The van der Waals surface area contributed by atoms with E-state index < -0.39 is 37.4 Å². The molecule has 0 unspecified atom stereocenters. The van der Waals surface area contributed by atoms with Crippen LogP contribution in [0.2, 0.25) is 0 Å². The molecule has 115 valence electrons. The fourth-order valence-electron chi connectivity index (χ4n) is 1.07. The topological polar surface area (TPSA) is 0 Å². The van der Waals surface area contributed by atoms with Crippen LogP contribution in [0.1, 0.15) is 0 Å². The molecule has 0 aromatic rings. The van der Waals surface area contributed by atoms with E-state index in [-0.39, 0.29) is 0 Å². The summed E-state index contributed by atoms with van der Waals surface area (Å²) in [6.45, 7) is 0. The van der Waals surface area contributed by atoms with Crippen molar-refractivity contribution in [2.75, 3.05) is 0 Å². The summed E-state index contributed by atoms with van der Waals surface area (Å²) >= 11 is 0. The maximum atomic E-state index is 12.4. The molecule has 0 saturated carbocycles. The van der Waals surface area contributed by atoms with E-state index in [0.29, 0.717) is 0 Å². The molecule has 0 nitrogen and oxygen atoms in total. The Hall–Kier alpha value is -0.693. The summed E-state index contributed by atoms with van der Waals surface area (Å²) in [7, 11) is -9.51. The van der Waals surface area contributed by atoms with Gasteiger partial charge in [-0.3, -0.25) is 0 Å². The third-order valence-corrected chi connectivity index (χ3v) is 5.35. The van der Waals surface area contributed by atoms with Crippen LogP contribution in [0.15, 0.2) is 0 Å². The molecule has 0 aliphatic heterocycles. The van der Waals surface area contributed by atoms with E-state index in [1.54, 1.807) is 0 Å². The van der Waals surface area contributed by atoms with Gasteiger partial charge in [0.15, 0.2) is 0 Å². The van der Waals surface area contributed by atoms with Gasteiger partial charge in [0.2, 0.25) is 0 Å². The Morgan fingerprint density at radius 2 is 0.737 bits per heavy atom. The highest BCUT2D eigenvalue weighted by Gasteiger charge is 2.95. The van der Waals surface area contributed by atoms with E-state index in [1.807, 2.05) is 0 Å². The van der Waals surface area contributed by atoms with Crippen LogP contribution in [0.4, 0.5) is 57.1 Å². The van der Waals surface area contributed by atoms with Crippen molar-refractivity contribution in [1.29, 1.82) is 0 Å². The molecule has 0 spiro atoms. The van der Waals surface area contributed by atoms with Gasteiger partial charge < -0.3 is 0 Å². The minimum atomic E-state index is -9.51. The largest absolute Gasteiger partial charge is 0.474 e.